The quantitative estimate of drug-likeness (QED) is 0.299. The number of aryl methyl sites for hydroxylation is 3. The minimum Gasteiger partial charge on any atom is -0.247 e. The van der Waals surface area contributed by atoms with E-state index in [1.165, 1.54) is 68.9 Å². The van der Waals surface area contributed by atoms with Gasteiger partial charge in [0.1, 0.15) is 0 Å². The molecule has 0 N–H and O–H groups in total. The van der Waals surface area contributed by atoms with Gasteiger partial charge in [-0.15, -0.1) is 0 Å². The number of aromatic nitrogens is 1. The molecule has 2 aliphatic carbocycles. The van der Waals surface area contributed by atoms with Crippen LogP contribution in [-0.4, -0.2) is 4.98 Å². The number of hydrogen-bond donors (Lipinski definition) is 0. The third-order valence-corrected chi connectivity index (χ3v) is 8.64. The van der Waals surface area contributed by atoms with Crippen molar-refractivity contribution in [2.24, 2.45) is 0 Å². The van der Waals surface area contributed by atoms with Crippen LogP contribution in [0.25, 0.3) is 32.9 Å². The number of rotatable bonds is 0. The molecule has 1 heterocycles. The first-order valence-corrected chi connectivity index (χ1v) is 11.3. The minimum atomic E-state index is 0.124. The highest BCUT2D eigenvalue weighted by Crippen LogP contribution is 2.63. The van der Waals surface area contributed by atoms with E-state index in [2.05, 4.69) is 83.1 Å². The molecule has 0 radical (unpaired) electrons. The number of para-hydroxylation sites is 1. The third kappa shape index (κ3) is 2.01. The van der Waals surface area contributed by atoms with E-state index in [0.717, 1.165) is 5.52 Å². The molecule has 30 heavy (non-hydrogen) atoms. The first-order chi connectivity index (χ1) is 14.3. The Balaban J connectivity index is 1.85. The normalized spacial score (nSPS) is 24.7. The van der Waals surface area contributed by atoms with Crippen molar-refractivity contribution in [3.8, 4) is 11.3 Å². The fourth-order valence-electron chi connectivity index (χ4n) is 6.98. The number of benzene rings is 3. The molecule has 150 valence electrons. The lowest BCUT2D eigenvalue weighted by molar-refractivity contribution is 0.296. The van der Waals surface area contributed by atoms with E-state index in [9.17, 15) is 0 Å². The summed E-state index contributed by atoms with van der Waals surface area (Å²) in [6.07, 6.45) is 3.77. The van der Waals surface area contributed by atoms with Crippen LogP contribution in [0.4, 0.5) is 0 Å². The zero-order chi connectivity index (χ0) is 20.8. The smallest absolute Gasteiger partial charge is 0.0753 e. The number of hydrogen-bond acceptors (Lipinski definition) is 1. The topological polar surface area (TPSA) is 12.9 Å². The van der Waals surface area contributed by atoms with Gasteiger partial charge in [-0.3, -0.25) is 0 Å². The maximum atomic E-state index is 5.32. The number of nitrogens with zero attached hydrogens (tertiary/aromatic N) is 1. The summed E-state index contributed by atoms with van der Waals surface area (Å²) in [6, 6.07) is 18.0. The monoisotopic (exact) mass is 391 g/mol. The van der Waals surface area contributed by atoms with Gasteiger partial charge in [0, 0.05) is 21.8 Å². The summed E-state index contributed by atoms with van der Waals surface area (Å²) >= 11 is 0. The molecule has 2 aliphatic rings. The van der Waals surface area contributed by atoms with Crippen LogP contribution in [0.1, 0.15) is 60.9 Å². The van der Waals surface area contributed by atoms with Crippen molar-refractivity contribution in [1.82, 2.24) is 4.98 Å². The molecule has 6 rings (SSSR count). The average Bonchev–Trinajstić information content (AvgIpc) is 3.04. The minimum absolute atomic E-state index is 0.124. The molecule has 3 aromatic carbocycles. The van der Waals surface area contributed by atoms with E-state index in [4.69, 9.17) is 4.98 Å². The summed E-state index contributed by atoms with van der Waals surface area (Å²) in [4.78, 5) is 5.32. The fourth-order valence-corrected chi connectivity index (χ4v) is 6.98. The van der Waals surface area contributed by atoms with E-state index in [1.807, 2.05) is 0 Å². The van der Waals surface area contributed by atoms with Gasteiger partial charge in [0.05, 0.1) is 11.2 Å². The van der Waals surface area contributed by atoms with E-state index >= 15 is 0 Å². The predicted molar refractivity (Wildman–Crippen MR) is 127 cm³/mol. The Labute approximate surface area is 179 Å². The predicted octanol–water partition coefficient (Wildman–Crippen LogP) is 7.69. The lowest BCUT2D eigenvalue weighted by atomic mass is 9.54. The molecule has 2 unspecified atom stereocenters. The largest absolute Gasteiger partial charge is 0.247 e. The van der Waals surface area contributed by atoms with E-state index in [-0.39, 0.29) is 10.8 Å². The Morgan fingerprint density at radius 2 is 1.47 bits per heavy atom. The van der Waals surface area contributed by atoms with Gasteiger partial charge in [-0.05, 0) is 78.8 Å². The highest BCUT2D eigenvalue weighted by atomic mass is 14.7. The van der Waals surface area contributed by atoms with Gasteiger partial charge in [-0.25, -0.2) is 4.98 Å². The van der Waals surface area contributed by atoms with Gasteiger partial charge in [-0.1, -0.05) is 62.2 Å². The van der Waals surface area contributed by atoms with E-state index in [1.54, 1.807) is 5.56 Å². The maximum Gasteiger partial charge on any atom is 0.0753 e. The highest BCUT2D eigenvalue weighted by molar-refractivity contribution is 5.97. The molecule has 1 fully saturated rings. The van der Waals surface area contributed by atoms with Gasteiger partial charge >= 0.3 is 0 Å². The van der Waals surface area contributed by atoms with E-state index in [0.29, 0.717) is 0 Å². The van der Waals surface area contributed by atoms with Crippen LogP contribution in [-0.2, 0) is 10.8 Å². The van der Waals surface area contributed by atoms with Gasteiger partial charge in [0.25, 0.3) is 0 Å². The Kier molecular flexibility index (Phi) is 3.46. The van der Waals surface area contributed by atoms with Crippen molar-refractivity contribution < 1.29 is 0 Å². The molecular weight excluding hydrogens is 362 g/mol. The van der Waals surface area contributed by atoms with Crippen molar-refractivity contribution in [3.63, 3.8) is 0 Å². The molecule has 1 saturated carbocycles. The van der Waals surface area contributed by atoms with Crippen molar-refractivity contribution in [2.75, 3.05) is 0 Å². The van der Waals surface area contributed by atoms with Gasteiger partial charge in [0.2, 0.25) is 0 Å². The molecule has 1 nitrogen and oxygen atoms in total. The fraction of sp³-hybridized carbons (Fsp3) is 0.345. The van der Waals surface area contributed by atoms with Gasteiger partial charge < -0.3 is 0 Å². The van der Waals surface area contributed by atoms with Crippen LogP contribution < -0.4 is 0 Å². The summed E-state index contributed by atoms with van der Waals surface area (Å²) < 4.78 is 0. The SMILES string of the molecule is Cc1ccc2cc3c(c(C)c2c1)C1(C)CCCC1(C)c1c-3nc2ccccc2c1C. The standard InChI is InChI=1S/C29H29N/c1-17-11-12-20-16-23-25(19(3)22(20)15-17)28(4)13-8-14-29(28,5)26-18(2)21-9-6-7-10-24(21)30-27(23)26/h6-7,9-12,15-16H,8,13-14H2,1-5H3. The van der Waals surface area contributed by atoms with Crippen LogP contribution in [0.2, 0.25) is 0 Å². The summed E-state index contributed by atoms with van der Waals surface area (Å²) in [6.45, 7) is 11.9. The molecule has 0 amide bonds. The second kappa shape index (κ2) is 5.72. The number of fused-ring (bicyclic) bond motifs is 8. The molecule has 0 bridgehead atoms. The Hall–Kier alpha value is -2.67. The Bertz CT molecular complexity index is 1380. The molecule has 2 atom stereocenters. The summed E-state index contributed by atoms with van der Waals surface area (Å²) in [5.41, 5.74) is 11.3. The van der Waals surface area contributed by atoms with Crippen LogP contribution >= 0.6 is 0 Å². The zero-order valence-corrected chi connectivity index (χ0v) is 18.7. The second-order valence-electron chi connectivity index (χ2n) is 10.1. The van der Waals surface area contributed by atoms with Crippen LogP contribution in [0.3, 0.4) is 0 Å². The summed E-state index contributed by atoms with van der Waals surface area (Å²) in [5.74, 6) is 0. The van der Waals surface area contributed by atoms with Crippen LogP contribution in [0, 0.1) is 20.8 Å². The van der Waals surface area contributed by atoms with Crippen LogP contribution in [0.5, 0.6) is 0 Å². The van der Waals surface area contributed by atoms with Gasteiger partial charge in [-0.2, -0.15) is 0 Å². The van der Waals surface area contributed by atoms with Crippen molar-refractivity contribution in [3.05, 3.63) is 76.3 Å². The first-order valence-electron chi connectivity index (χ1n) is 11.3. The van der Waals surface area contributed by atoms with Gasteiger partial charge in [0.15, 0.2) is 0 Å². The molecule has 4 aromatic rings. The molecule has 0 spiro atoms. The van der Waals surface area contributed by atoms with Crippen LogP contribution in [0.15, 0.2) is 48.5 Å². The molecule has 0 saturated heterocycles. The average molecular weight is 392 g/mol. The van der Waals surface area contributed by atoms with Crippen molar-refractivity contribution in [2.45, 2.75) is 64.7 Å². The van der Waals surface area contributed by atoms with Crippen molar-refractivity contribution >= 4 is 21.7 Å². The lowest BCUT2D eigenvalue weighted by Gasteiger charge is -2.49. The second-order valence-corrected chi connectivity index (χ2v) is 10.1. The summed E-state index contributed by atoms with van der Waals surface area (Å²) in [5, 5.41) is 4.05. The third-order valence-electron chi connectivity index (χ3n) is 8.64. The highest BCUT2D eigenvalue weighted by Gasteiger charge is 2.56. The molecule has 1 heteroatoms. The lowest BCUT2D eigenvalue weighted by Crippen LogP contribution is -2.45. The molecular formula is C29H29N. The zero-order valence-electron chi connectivity index (χ0n) is 18.7. The Morgan fingerprint density at radius 3 is 2.27 bits per heavy atom. The molecule has 1 aromatic heterocycles. The maximum absolute atomic E-state index is 5.32. The molecule has 0 aliphatic heterocycles. The first kappa shape index (κ1) is 18.1. The Morgan fingerprint density at radius 1 is 0.767 bits per heavy atom. The van der Waals surface area contributed by atoms with E-state index < -0.39 is 0 Å². The summed E-state index contributed by atoms with van der Waals surface area (Å²) in [7, 11) is 0. The number of pyridine rings is 1. The van der Waals surface area contributed by atoms with Crippen molar-refractivity contribution in [1.29, 1.82) is 0 Å².